The quantitative estimate of drug-likeness (QED) is 0.899. The fourth-order valence-electron chi connectivity index (χ4n) is 2.85. The van der Waals surface area contributed by atoms with Crippen LogP contribution in [0.3, 0.4) is 0 Å². The van der Waals surface area contributed by atoms with E-state index in [1.807, 2.05) is 26.8 Å². The molecule has 0 spiro atoms. The molecule has 6 heteroatoms. The van der Waals surface area contributed by atoms with Crippen molar-refractivity contribution in [1.29, 1.82) is 0 Å². The number of hydrogen-bond acceptors (Lipinski definition) is 4. The van der Waals surface area contributed by atoms with Crippen molar-refractivity contribution in [3.8, 4) is 5.75 Å². The number of piperidine rings is 1. The lowest BCUT2D eigenvalue weighted by Crippen LogP contribution is -2.49. The van der Waals surface area contributed by atoms with Gasteiger partial charge in [0.2, 0.25) is 0 Å². The van der Waals surface area contributed by atoms with Crippen LogP contribution >= 0.6 is 11.6 Å². The number of aliphatic hydroxyl groups is 1. The molecule has 0 unspecified atom stereocenters. The molecule has 1 N–H and O–H groups in total. The molecule has 0 radical (unpaired) electrons. The summed E-state index contributed by atoms with van der Waals surface area (Å²) in [6.45, 7) is 6.46. The zero-order valence-electron chi connectivity index (χ0n) is 14.8. The van der Waals surface area contributed by atoms with Gasteiger partial charge in [-0.3, -0.25) is 0 Å². The average molecular weight is 356 g/mol. The van der Waals surface area contributed by atoms with Gasteiger partial charge < -0.3 is 19.5 Å². The first-order valence-corrected chi connectivity index (χ1v) is 8.52. The van der Waals surface area contributed by atoms with Crippen molar-refractivity contribution in [1.82, 2.24) is 4.90 Å². The zero-order chi connectivity index (χ0) is 18.0. The van der Waals surface area contributed by atoms with Gasteiger partial charge in [0.25, 0.3) is 0 Å². The van der Waals surface area contributed by atoms with Gasteiger partial charge in [-0.2, -0.15) is 0 Å². The number of benzene rings is 1. The normalized spacial score (nSPS) is 17.5. The Balaban J connectivity index is 2.00. The summed E-state index contributed by atoms with van der Waals surface area (Å²) in [6, 6.07) is 5.38. The van der Waals surface area contributed by atoms with Crippen LogP contribution in [0.25, 0.3) is 0 Å². The van der Waals surface area contributed by atoms with Crippen molar-refractivity contribution in [2.45, 2.75) is 51.2 Å². The van der Waals surface area contributed by atoms with Crippen molar-refractivity contribution in [2.75, 3.05) is 20.2 Å². The topological polar surface area (TPSA) is 59.0 Å². The second kappa shape index (κ2) is 7.19. The van der Waals surface area contributed by atoms with Gasteiger partial charge in [0.05, 0.1) is 12.7 Å². The van der Waals surface area contributed by atoms with Crippen LogP contribution in [0.4, 0.5) is 4.79 Å². The number of ether oxygens (including phenoxy) is 2. The van der Waals surface area contributed by atoms with E-state index < -0.39 is 11.2 Å². The minimum absolute atomic E-state index is 0.329. The summed E-state index contributed by atoms with van der Waals surface area (Å²) in [6.07, 6.45) is 1.09. The summed E-state index contributed by atoms with van der Waals surface area (Å²) in [7, 11) is 1.60. The maximum absolute atomic E-state index is 12.1. The number of carbonyl (C=O) groups is 1. The average Bonchev–Trinajstić information content (AvgIpc) is 2.46. The van der Waals surface area contributed by atoms with Gasteiger partial charge in [-0.1, -0.05) is 11.6 Å². The molecule has 1 heterocycles. The van der Waals surface area contributed by atoms with Crippen molar-refractivity contribution in [3.63, 3.8) is 0 Å². The van der Waals surface area contributed by atoms with Crippen LogP contribution in [0.15, 0.2) is 18.2 Å². The molecule has 1 aromatic carbocycles. The van der Waals surface area contributed by atoms with E-state index in [1.165, 1.54) is 0 Å². The third-order valence-corrected chi connectivity index (χ3v) is 4.34. The second-order valence-corrected chi connectivity index (χ2v) is 7.76. The van der Waals surface area contributed by atoms with Crippen molar-refractivity contribution < 1.29 is 19.4 Å². The molecule has 0 aliphatic carbocycles. The van der Waals surface area contributed by atoms with Gasteiger partial charge in [0.15, 0.2) is 0 Å². The van der Waals surface area contributed by atoms with Crippen LogP contribution in [-0.4, -0.2) is 47.5 Å². The van der Waals surface area contributed by atoms with Crippen LogP contribution in [0, 0.1) is 0 Å². The fourth-order valence-corrected chi connectivity index (χ4v) is 3.04. The summed E-state index contributed by atoms with van der Waals surface area (Å²) >= 11 is 6.06. The molecule has 1 amide bonds. The van der Waals surface area contributed by atoms with Crippen LogP contribution in [0.5, 0.6) is 5.75 Å². The number of hydrogen-bond donors (Lipinski definition) is 1. The van der Waals surface area contributed by atoms with E-state index >= 15 is 0 Å². The Hall–Kier alpha value is -1.46. The Kier molecular flexibility index (Phi) is 5.66. The molecule has 2 rings (SSSR count). The summed E-state index contributed by atoms with van der Waals surface area (Å²) in [5.41, 5.74) is -0.520. The van der Waals surface area contributed by atoms with Crippen molar-refractivity contribution in [3.05, 3.63) is 28.8 Å². The largest absolute Gasteiger partial charge is 0.496 e. The van der Waals surface area contributed by atoms with E-state index in [0.717, 1.165) is 5.56 Å². The number of halogens is 1. The van der Waals surface area contributed by atoms with Gasteiger partial charge in [0, 0.05) is 24.5 Å². The number of methoxy groups -OCH3 is 1. The Morgan fingerprint density at radius 2 is 1.96 bits per heavy atom. The molecule has 0 bridgehead atoms. The van der Waals surface area contributed by atoms with E-state index in [0.29, 0.717) is 43.1 Å². The molecular weight excluding hydrogens is 330 g/mol. The minimum Gasteiger partial charge on any atom is -0.496 e. The van der Waals surface area contributed by atoms with Crippen LogP contribution in [0.1, 0.15) is 39.2 Å². The van der Waals surface area contributed by atoms with Crippen LogP contribution in [-0.2, 0) is 11.2 Å². The molecular formula is C18H26ClNO4. The summed E-state index contributed by atoms with van der Waals surface area (Å²) < 4.78 is 10.7. The predicted octanol–water partition coefficient (Wildman–Crippen LogP) is 3.65. The monoisotopic (exact) mass is 355 g/mol. The lowest BCUT2D eigenvalue weighted by molar-refractivity contribution is -0.0317. The standard InChI is InChI=1S/C18H26ClNO4/c1-17(2,3)24-16(21)20-9-7-18(22,8-10-20)12-13-11-14(19)5-6-15(13)23-4/h5-6,11,22H,7-10,12H2,1-4H3. The molecule has 1 fully saturated rings. The maximum atomic E-state index is 12.1. The Bertz CT molecular complexity index is 589. The number of likely N-dealkylation sites (tertiary alicyclic amines) is 1. The van der Waals surface area contributed by atoms with Crippen molar-refractivity contribution >= 4 is 17.7 Å². The first kappa shape index (κ1) is 18.9. The lowest BCUT2D eigenvalue weighted by atomic mass is 9.85. The second-order valence-electron chi connectivity index (χ2n) is 7.32. The van der Waals surface area contributed by atoms with Crippen LogP contribution < -0.4 is 4.74 Å². The predicted molar refractivity (Wildman–Crippen MR) is 93.7 cm³/mol. The molecule has 1 aromatic rings. The van der Waals surface area contributed by atoms with E-state index in [4.69, 9.17) is 21.1 Å². The first-order chi connectivity index (χ1) is 11.1. The summed E-state index contributed by atoms with van der Waals surface area (Å²) in [4.78, 5) is 13.8. The Labute approximate surface area is 148 Å². The first-order valence-electron chi connectivity index (χ1n) is 8.15. The summed E-state index contributed by atoms with van der Waals surface area (Å²) in [5.74, 6) is 0.711. The van der Waals surface area contributed by atoms with Gasteiger partial charge in [-0.05, 0) is 57.4 Å². The van der Waals surface area contributed by atoms with E-state index in [1.54, 1.807) is 24.1 Å². The van der Waals surface area contributed by atoms with E-state index in [-0.39, 0.29) is 6.09 Å². The third kappa shape index (κ3) is 5.02. The molecule has 0 aromatic heterocycles. The number of rotatable bonds is 3. The van der Waals surface area contributed by atoms with Crippen LogP contribution in [0.2, 0.25) is 5.02 Å². The van der Waals surface area contributed by atoms with E-state index in [9.17, 15) is 9.90 Å². The smallest absolute Gasteiger partial charge is 0.410 e. The molecule has 0 atom stereocenters. The Morgan fingerprint density at radius 3 is 2.50 bits per heavy atom. The molecule has 1 aliphatic heterocycles. The van der Waals surface area contributed by atoms with Gasteiger partial charge >= 0.3 is 6.09 Å². The maximum Gasteiger partial charge on any atom is 0.410 e. The van der Waals surface area contributed by atoms with Gasteiger partial charge in [-0.15, -0.1) is 0 Å². The van der Waals surface area contributed by atoms with Gasteiger partial charge in [0.1, 0.15) is 11.4 Å². The molecule has 134 valence electrons. The van der Waals surface area contributed by atoms with E-state index in [2.05, 4.69) is 0 Å². The highest BCUT2D eigenvalue weighted by Gasteiger charge is 2.36. The zero-order valence-corrected chi connectivity index (χ0v) is 15.5. The summed E-state index contributed by atoms with van der Waals surface area (Å²) in [5, 5.41) is 11.5. The molecule has 1 aliphatic rings. The third-order valence-electron chi connectivity index (χ3n) is 4.11. The minimum atomic E-state index is -0.878. The molecule has 1 saturated heterocycles. The SMILES string of the molecule is COc1ccc(Cl)cc1CC1(O)CCN(C(=O)OC(C)(C)C)CC1. The number of nitrogens with zero attached hydrogens (tertiary/aromatic N) is 1. The van der Waals surface area contributed by atoms with Crippen molar-refractivity contribution in [2.24, 2.45) is 0 Å². The molecule has 24 heavy (non-hydrogen) atoms. The fraction of sp³-hybridized carbons (Fsp3) is 0.611. The Morgan fingerprint density at radius 1 is 1.33 bits per heavy atom. The highest BCUT2D eigenvalue weighted by molar-refractivity contribution is 6.30. The molecule has 5 nitrogen and oxygen atoms in total. The number of amides is 1. The van der Waals surface area contributed by atoms with Gasteiger partial charge in [-0.25, -0.2) is 4.79 Å². The highest BCUT2D eigenvalue weighted by Crippen LogP contribution is 2.32. The highest BCUT2D eigenvalue weighted by atomic mass is 35.5. The number of carbonyl (C=O) groups excluding carboxylic acids is 1. The lowest BCUT2D eigenvalue weighted by Gasteiger charge is -2.38. The molecule has 0 saturated carbocycles.